The van der Waals surface area contributed by atoms with Gasteiger partial charge in [0, 0.05) is 37.1 Å². The number of rotatable bonds is 4. The Morgan fingerprint density at radius 2 is 2.00 bits per heavy atom. The minimum absolute atomic E-state index is 0.00484. The molecule has 4 rings (SSSR count). The highest BCUT2D eigenvalue weighted by molar-refractivity contribution is 5.95. The van der Waals surface area contributed by atoms with Crippen molar-refractivity contribution < 1.29 is 27.5 Å². The van der Waals surface area contributed by atoms with Gasteiger partial charge in [-0.2, -0.15) is 0 Å². The van der Waals surface area contributed by atoms with Gasteiger partial charge in [0.2, 0.25) is 11.9 Å². The fraction of sp³-hybridized carbons (Fsp3) is 0.474. The van der Waals surface area contributed by atoms with Gasteiger partial charge in [-0.25, -0.2) is 22.4 Å². The van der Waals surface area contributed by atoms with Crippen molar-refractivity contribution in [3.05, 3.63) is 39.4 Å². The maximum atomic E-state index is 15.0. The smallest absolute Gasteiger partial charge is 0.341 e. The Morgan fingerprint density at radius 1 is 1.34 bits per heavy atom. The molecular weight excluding hydrogens is 394 g/mol. The van der Waals surface area contributed by atoms with Gasteiger partial charge in [0.05, 0.1) is 23.2 Å². The molecule has 1 aromatic heterocycles. The largest absolute Gasteiger partial charge is 0.477 e. The first-order valence-corrected chi connectivity index (χ1v) is 9.15. The van der Waals surface area contributed by atoms with Crippen molar-refractivity contribution in [3.8, 4) is 0 Å². The van der Waals surface area contributed by atoms with Gasteiger partial charge in [0.15, 0.2) is 0 Å². The number of carboxylic acid groups (broad SMARTS) is 1. The third-order valence-corrected chi connectivity index (χ3v) is 5.80. The van der Waals surface area contributed by atoms with Gasteiger partial charge in [-0.05, 0) is 18.6 Å². The number of nitrogens with two attached hydrogens (primary N) is 1. The van der Waals surface area contributed by atoms with Gasteiger partial charge >= 0.3 is 5.97 Å². The topological polar surface area (TPSA) is 88.6 Å². The van der Waals surface area contributed by atoms with Crippen LogP contribution in [-0.2, 0) is 0 Å². The van der Waals surface area contributed by atoms with Crippen LogP contribution in [0, 0.1) is 18.7 Å². The van der Waals surface area contributed by atoms with E-state index >= 15 is 0 Å². The molecule has 2 heterocycles. The third kappa shape index (κ3) is 3.06. The SMILES string of the molecule is Cc1c(N2C[C@@H](N)[C@@H](C(F)F)C2)c(F)cc2c(=O)c(C(=O)O)cn([C@@H]3C[C@@H]3F)c12. The summed E-state index contributed by atoms with van der Waals surface area (Å²) in [5, 5.41) is 9.12. The first kappa shape index (κ1) is 19.7. The van der Waals surface area contributed by atoms with Crippen LogP contribution in [-0.4, -0.2) is 47.4 Å². The highest BCUT2D eigenvalue weighted by atomic mass is 19.3. The number of hydrogen-bond acceptors (Lipinski definition) is 4. The van der Waals surface area contributed by atoms with Crippen LogP contribution in [0.1, 0.15) is 28.4 Å². The van der Waals surface area contributed by atoms with Crippen LogP contribution in [0.3, 0.4) is 0 Å². The highest BCUT2D eigenvalue weighted by Gasteiger charge is 2.42. The molecule has 10 heteroatoms. The van der Waals surface area contributed by atoms with Crippen molar-refractivity contribution in [2.45, 2.75) is 38.0 Å². The predicted octanol–water partition coefficient (Wildman–Crippen LogP) is 2.46. The number of alkyl halides is 3. The van der Waals surface area contributed by atoms with E-state index in [0.29, 0.717) is 0 Å². The lowest BCUT2D eigenvalue weighted by molar-refractivity contribution is 0.0694. The molecule has 4 atom stereocenters. The summed E-state index contributed by atoms with van der Waals surface area (Å²) in [4.78, 5) is 25.4. The zero-order valence-corrected chi connectivity index (χ0v) is 15.4. The van der Waals surface area contributed by atoms with Gasteiger partial charge in [-0.3, -0.25) is 4.79 Å². The van der Waals surface area contributed by atoms with E-state index in [9.17, 15) is 32.3 Å². The van der Waals surface area contributed by atoms with Gasteiger partial charge in [0.25, 0.3) is 0 Å². The molecule has 0 amide bonds. The van der Waals surface area contributed by atoms with Crippen LogP contribution in [0.25, 0.3) is 10.9 Å². The van der Waals surface area contributed by atoms with E-state index in [2.05, 4.69) is 0 Å². The molecule has 1 aliphatic heterocycles. The van der Waals surface area contributed by atoms with Crippen molar-refractivity contribution in [3.63, 3.8) is 0 Å². The monoisotopic (exact) mass is 413 g/mol. The van der Waals surface area contributed by atoms with Crippen molar-refractivity contribution in [1.29, 1.82) is 0 Å². The van der Waals surface area contributed by atoms with E-state index in [1.807, 2.05) is 0 Å². The fourth-order valence-electron chi connectivity index (χ4n) is 4.22. The number of hydrogen-bond donors (Lipinski definition) is 2. The number of nitrogens with zero attached hydrogens (tertiary/aromatic N) is 2. The zero-order chi connectivity index (χ0) is 21.2. The van der Waals surface area contributed by atoms with E-state index in [1.165, 1.54) is 16.4 Å². The summed E-state index contributed by atoms with van der Waals surface area (Å²) in [6.45, 7) is 1.35. The maximum absolute atomic E-state index is 15.0. The average molecular weight is 413 g/mol. The van der Waals surface area contributed by atoms with Crippen LogP contribution in [0.5, 0.6) is 0 Å². The Kier molecular flexibility index (Phi) is 4.56. The molecule has 1 aliphatic carbocycles. The van der Waals surface area contributed by atoms with E-state index in [1.54, 1.807) is 0 Å². The Hall–Kier alpha value is -2.62. The van der Waals surface area contributed by atoms with Crippen LogP contribution in [0.4, 0.5) is 23.2 Å². The van der Waals surface area contributed by atoms with Gasteiger partial charge < -0.3 is 20.3 Å². The molecule has 1 aromatic carbocycles. The fourth-order valence-corrected chi connectivity index (χ4v) is 4.22. The van der Waals surface area contributed by atoms with Crippen molar-refractivity contribution in [2.24, 2.45) is 11.7 Å². The first-order chi connectivity index (χ1) is 13.6. The quantitative estimate of drug-likeness (QED) is 0.752. The number of carbonyl (C=O) groups is 1. The standard InChI is InChI=1S/C19H19F4N3O3/c1-7-15-8(17(27)10(19(28)29)5-26(15)14-3-11(14)20)2-12(21)16(7)25-4-9(18(22)23)13(24)6-25/h2,5,9,11,13-14,18H,3-4,6,24H2,1H3,(H,28,29)/t9-,11-,13+,14+/m0/s1. The average Bonchev–Trinajstić information content (AvgIpc) is 3.22. The minimum Gasteiger partial charge on any atom is -0.477 e. The van der Waals surface area contributed by atoms with Crippen LogP contribution < -0.4 is 16.1 Å². The van der Waals surface area contributed by atoms with Crippen LogP contribution in [0.2, 0.25) is 0 Å². The molecule has 29 heavy (non-hydrogen) atoms. The van der Waals surface area contributed by atoms with Crippen LogP contribution in [0.15, 0.2) is 17.1 Å². The normalized spacial score (nSPS) is 26.5. The number of halogens is 4. The first-order valence-electron chi connectivity index (χ1n) is 9.15. The Bertz CT molecular complexity index is 1070. The maximum Gasteiger partial charge on any atom is 0.341 e. The number of aryl methyl sites for hydroxylation is 1. The molecule has 1 saturated carbocycles. The summed E-state index contributed by atoms with van der Waals surface area (Å²) in [7, 11) is 0. The van der Waals surface area contributed by atoms with Gasteiger partial charge in [0.1, 0.15) is 17.6 Å². The van der Waals surface area contributed by atoms with E-state index in [4.69, 9.17) is 5.73 Å². The summed E-state index contributed by atoms with van der Waals surface area (Å²) in [6, 6.07) is -0.609. The number of aromatic nitrogens is 1. The summed E-state index contributed by atoms with van der Waals surface area (Å²) >= 11 is 0. The number of pyridine rings is 1. The highest BCUT2D eigenvalue weighted by Crippen LogP contribution is 2.43. The summed E-state index contributed by atoms with van der Waals surface area (Å²) in [6.07, 6.45) is -2.65. The lowest BCUT2D eigenvalue weighted by Crippen LogP contribution is -2.33. The molecule has 0 bridgehead atoms. The lowest BCUT2D eigenvalue weighted by atomic mass is 10.0. The number of benzene rings is 1. The van der Waals surface area contributed by atoms with Crippen molar-refractivity contribution >= 4 is 22.6 Å². The number of fused-ring (bicyclic) bond motifs is 1. The molecule has 3 N–H and O–H groups in total. The molecule has 1 saturated heterocycles. The Balaban J connectivity index is 1.94. The van der Waals surface area contributed by atoms with Gasteiger partial charge in [-0.1, -0.05) is 0 Å². The van der Waals surface area contributed by atoms with Crippen molar-refractivity contribution in [1.82, 2.24) is 4.57 Å². The van der Waals surface area contributed by atoms with E-state index in [0.717, 1.165) is 12.3 Å². The third-order valence-electron chi connectivity index (χ3n) is 5.80. The molecule has 2 fully saturated rings. The molecule has 2 aliphatic rings. The summed E-state index contributed by atoms with van der Waals surface area (Å²) in [5.41, 5.74) is 4.81. The predicted molar refractivity (Wildman–Crippen MR) is 98.1 cm³/mol. The zero-order valence-electron chi connectivity index (χ0n) is 15.4. The molecule has 0 spiro atoms. The molecule has 6 nitrogen and oxygen atoms in total. The second-order valence-corrected chi connectivity index (χ2v) is 7.70. The minimum atomic E-state index is -2.66. The molecule has 2 aromatic rings. The lowest BCUT2D eigenvalue weighted by Gasteiger charge is -2.24. The Labute approximate surface area is 162 Å². The van der Waals surface area contributed by atoms with Crippen LogP contribution >= 0.6 is 0 Å². The number of anilines is 1. The van der Waals surface area contributed by atoms with Gasteiger partial charge in [-0.15, -0.1) is 0 Å². The molecular formula is C19H19F4N3O3. The summed E-state index contributed by atoms with van der Waals surface area (Å²) < 4.78 is 56.5. The second kappa shape index (κ2) is 6.72. The molecule has 0 unspecified atom stereocenters. The second-order valence-electron chi connectivity index (χ2n) is 7.70. The van der Waals surface area contributed by atoms with Crippen molar-refractivity contribution in [2.75, 3.05) is 18.0 Å². The van der Waals surface area contributed by atoms with E-state index in [-0.39, 0.29) is 41.7 Å². The Morgan fingerprint density at radius 3 is 2.52 bits per heavy atom. The van der Waals surface area contributed by atoms with E-state index < -0.39 is 53.4 Å². The number of carboxylic acids is 1. The number of aromatic carboxylic acids is 1. The molecule has 0 radical (unpaired) electrons. The summed E-state index contributed by atoms with van der Waals surface area (Å²) in [5.74, 6) is -3.45. The molecule has 156 valence electrons.